The van der Waals surface area contributed by atoms with Gasteiger partial charge in [-0.1, -0.05) is 6.92 Å². The molecule has 0 bridgehead atoms. The van der Waals surface area contributed by atoms with Crippen LogP contribution in [0.1, 0.15) is 27.2 Å². The van der Waals surface area contributed by atoms with E-state index < -0.39 is 0 Å². The fourth-order valence-electron chi connectivity index (χ4n) is 1.81. The van der Waals surface area contributed by atoms with Gasteiger partial charge in [0.15, 0.2) is 0 Å². The smallest absolute Gasteiger partial charge is 0.319 e. The summed E-state index contributed by atoms with van der Waals surface area (Å²) in [6, 6.07) is -0.557. The monoisotopic (exact) mass is 255 g/mol. The molecule has 0 radical (unpaired) electrons. The first-order chi connectivity index (χ1) is 8.56. The fourth-order valence-corrected chi connectivity index (χ4v) is 1.81. The molecular weight excluding hydrogens is 234 g/mol. The van der Waals surface area contributed by atoms with E-state index in [2.05, 4.69) is 16.0 Å². The minimum Gasteiger partial charge on any atom is -0.380 e. The van der Waals surface area contributed by atoms with E-state index in [1.807, 2.05) is 6.92 Å². The Morgan fingerprint density at radius 3 is 2.78 bits per heavy atom. The van der Waals surface area contributed by atoms with Crippen LogP contribution in [0.4, 0.5) is 4.79 Å². The van der Waals surface area contributed by atoms with Gasteiger partial charge in [-0.15, -0.1) is 0 Å². The number of carbonyl (C=O) groups excluding carboxylic acids is 2. The second kappa shape index (κ2) is 7.00. The molecule has 102 valence electrons. The number of amides is 3. The van der Waals surface area contributed by atoms with Crippen molar-refractivity contribution in [1.82, 2.24) is 16.0 Å². The van der Waals surface area contributed by atoms with Gasteiger partial charge in [0.1, 0.15) is 0 Å². The second-order valence-corrected chi connectivity index (χ2v) is 4.23. The van der Waals surface area contributed by atoms with Gasteiger partial charge in [-0.3, -0.25) is 4.79 Å². The van der Waals surface area contributed by atoms with E-state index in [4.69, 9.17) is 4.74 Å². The van der Waals surface area contributed by atoms with Gasteiger partial charge in [0.05, 0.1) is 18.2 Å². The SMILES string of the molecule is CCCOCCNC(=O)C1=C(C)NC(=O)NC1C. The molecule has 3 amide bonds. The molecule has 1 unspecified atom stereocenters. The van der Waals surface area contributed by atoms with Crippen LogP contribution >= 0.6 is 0 Å². The van der Waals surface area contributed by atoms with Crippen molar-refractivity contribution in [2.45, 2.75) is 33.2 Å². The third kappa shape index (κ3) is 4.03. The predicted octanol–water partition coefficient (Wildman–Crippen LogP) is 0.505. The molecule has 0 aliphatic carbocycles. The Labute approximate surface area is 107 Å². The molecular formula is C12H21N3O3. The highest BCUT2D eigenvalue weighted by Gasteiger charge is 2.26. The largest absolute Gasteiger partial charge is 0.380 e. The first-order valence-electron chi connectivity index (χ1n) is 6.20. The van der Waals surface area contributed by atoms with Gasteiger partial charge >= 0.3 is 6.03 Å². The zero-order valence-corrected chi connectivity index (χ0v) is 11.1. The summed E-state index contributed by atoms with van der Waals surface area (Å²) >= 11 is 0. The quantitative estimate of drug-likeness (QED) is 0.605. The molecule has 0 saturated carbocycles. The topological polar surface area (TPSA) is 79.5 Å². The van der Waals surface area contributed by atoms with Crippen LogP contribution in [0.15, 0.2) is 11.3 Å². The van der Waals surface area contributed by atoms with Gasteiger partial charge in [-0.25, -0.2) is 4.79 Å². The summed E-state index contributed by atoms with van der Waals surface area (Å²) in [6.45, 7) is 7.20. The van der Waals surface area contributed by atoms with E-state index in [1.165, 1.54) is 0 Å². The third-order valence-corrected chi connectivity index (χ3v) is 2.61. The highest BCUT2D eigenvalue weighted by molar-refractivity contribution is 5.98. The predicted molar refractivity (Wildman–Crippen MR) is 67.9 cm³/mol. The normalized spacial score (nSPS) is 19.3. The Morgan fingerprint density at radius 1 is 1.44 bits per heavy atom. The van der Waals surface area contributed by atoms with Crippen LogP contribution in [0.25, 0.3) is 0 Å². The van der Waals surface area contributed by atoms with E-state index in [9.17, 15) is 9.59 Å². The highest BCUT2D eigenvalue weighted by atomic mass is 16.5. The number of urea groups is 1. The summed E-state index contributed by atoms with van der Waals surface area (Å²) in [4.78, 5) is 23.1. The summed E-state index contributed by atoms with van der Waals surface area (Å²) in [5.74, 6) is -0.174. The van der Waals surface area contributed by atoms with E-state index in [0.717, 1.165) is 6.42 Å². The van der Waals surface area contributed by atoms with Gasteiger partial charge in [0, 0.05) is 18.8 Å². The van der Waals surface area contributed by atoms with Crippen LogP contribution in [-0.4, -0.2) is 37.7 Å². The lowest BCUT2D eigenvalue weighted by atomic mass is 10.0. The fraction of sp³-hybridized carbons (Fsp3) is 0.667. The maximum atomic E-state index is 11.9. The van der Waals surface area contributed by atoms with Gasteiger partial charge < -0.3 is 20.7 Å². The van der Waals surface area contributed by atoms with Gasteiger partial charge in [-0.2, -0.15) is 0 Å². The number of hydrogen-bond donors (Lipinski definition) is 3. The van der Waals surface area contributed by atoms with Crippen LogP contribution in [0.5, 0.6) is 0 Å². The molecule has 1 aliphatic heterocycles. The van der Waals surface area contributed by atoms with Crippen LogP contribution < -0.4 is 16.0 Å². The molecule has 1 atom stereocenters. The molecule has 6 nitrogen and oxygen atoms in total. The van der Waals surface area contributed by atoms with Crippen molar-refractivity contribution < 1.29 is 14.3 Å². The molecule has 18 heavy (non-hydrogen) atoms. The van der Waals surface area contributed by atoms with Crippen molar-refractivity contribution in [3.8, 4) is 0 Å². The van der Waals surface area contributed by atoms with Gasteiger partial charge in [-0.05, 0) is 20.3 Å². The van der Waals surface area contributed by atoms with E-state index in [0.29, 0.717) is 31.0 Å². The van der Waals surface area contributed by atoms with Crippen LogP contribution in [0, 0.1) is 0 Å². The van der Waals surface area contributed by atoms with Gasteiger partial charge in [0.25, 0.3) is 5.91 Å². The van der Waals surface area contributed by atoms with Crippen LogP contribution in [0.3, 0.4) is 0 Å². The number of hydrogen-bond acceptors (Lipinski definition) is 3. The number of carbonyl (C=O) groups is 2. The lowest BCUT2D eigenvalue weighted by Gasteiger charge is -2.25. The Kier molecular flexibility index (Phi) is 5.64. The van der Waals surface area contributed by atoms with Crippen molar-refractivity contribution in [2.75, 3.05) is 19.8 Å². The third-order valence-electron chi connectivity index (χ3n) is 2.61. The average molecular weight is 255 g/mol. The van der Waals surface area contributed by atoms with Crippen molar-refractivity contribution in [3.05, 3.63) is 11.3 Å². The molecule has 0 aromatic carbocycles. The Morgan fingerprint density at radius 2 is 2.17 bits per heavy atom. The number of nitrogens with one attached hydrogen (secondary N) is 3. The van der Waals surface area contributed by atoms with E-state index in [-0.39, 0.29) is 18.0 Å². The van der Waals surface area contributed by atoms with Crippen molar-refractivity contribution in [2.24, 2.45) is 0 Å². The molecule has 0 spiro atoms. The lowest BCUT2D eigenvalue weighted by molar-refractivity contribution is -0.118. The zero-order valence-electron chi connectivity index (χ0n) is 11.1. The molecule has 3 N–H and O–H groups in total. The standard InChI is InChI=1S/C12H21N3O3/c1-4-6-18-7-5-13-11(16)10-8(2)14-12(17)15-9(10)3/h8H,4-7H2,1-3H3,(H,13,16)(H2,14,15,17). The number of allylic oxidation sites excluding steroid dienone is 1. The minimum absolute atomic E-state index is 0.174. The Balaban J connectivity index is 2.45. The van der Waals surface area contributed by atoms with E-state index >= 15 is 0 Å². The molecule has 6 heteroatoms. The van der Waals surface area contributed by atoms with Crippen LogP contribution in [0.2, 0.25) is 0 Å². The molecule has 1 heterocycles. The minimum atomic E-state index is -0.282. The molecule has 1 rings (SSSR count). The first kappa shape index (κ1) is 14.5. The van der Waals surface area contributed by atoms with Crippen molar-refractivity contribution in [3.63, 3.8) is 0 Å². The summed E-state index contributed by atoms with van der Waals surface area (Å²) in [5, 5.41) is 8.01. The molecule has 1 aliphatic rings. The molecule has 0 aromatic rings. The average Bonchev–Trinajstić information content (AvgIpc) is 2.27. The van der Waals surface area contributed by atoms with Gasteiger partial charge in [0.2, 0.25) is 0 Å². The second-order valence-electron chi connectivity index (χ2n) is 4.23. The number of rotatable bonds is 6. The summed E-state index contributed by atoms with van der Waals surface area (Å²) in [6.07, 6.45) is 0.963. The van der Waals surface area contributed by atoms with Crippen molar-refractivity contribution >= 4 is 11.9 Å². The highest BCUT2D eigenvalue weighted by Crippen LogP contribution is 2.11. The maximum absolute atomic E-state index is 11.9. The van der Waals surface area contributed by atoms with E-state index in [1.54, 1.807) is 13.8 Å². The summed E-state index contributed by atoms with van der Waals surface area (Å²) in [7, 11) is 0. The zero-order chi connectivity index (χ0) is 13.5. The van der Waals surface area contributed by atoms with Crippen molar-refractivity contribution in [1.29, 1.82) is 0 Å². The first-order valence-corrected chi connectivity index (χ1v) is 6.20. The molecule has 0 fully saturated rings. The summed E-state index contributed by atoms with van der Waals surface area (Å²) < 4.78 is 5.28. The van der Waals surface area contributed by atoms with Crippen LogP contribution in [-0.2, 0) is 9.53 Å². The Hall–Kier alpha value is -1.56. The molecule has 0 saturated heterocycles. The lowest BCUT2D eigenvalue weighted by Crippen LogP contribution is -2.50. The summed E-state index contributed by atoms with van der Waals surface area (Å²) in [5.41, 5.74) is 1.16. The maximum Gasteiger partial charge on any atom is 0.319 e. The molecule has 0 aromatic heterocycles. The Bertz CT molecular complexity index is 352. The number of ether oxygens (including phenoxy) is 1.